The van der Waals surface area contributed by atoms with Gasteiger partial charge < -0.3 is 14.2 Å². The predicted molar refractivity (Wildman–Crippen MR) is 127 cm³/mol. The third-order valence-electron chi connectivity index (χ3n) is 6.33. The van der Waals surface area contributed by atoms with Gasteiger partial charge in [-0.25, -0.2) is 4.98 Å². The monoisotopic (exact) mass is 437 g/mol. The van der Waals surface area contributed by atoms with Crippen molar-refractivity contribution in [2.45, 2.75) is 57.3 Å². The van der Waals surface area contributed by atoms with Gasteiger partial charge in [-0.1, -0.05) is 42.8 Å². The summed E-state index contributed by atoms with van der Waals surface area (Å²) < 4.78 is 7.67. The highest BCUT2D eigenvalue weighted by atomic mass is 32.2. The number of ether oxygens (including phenoxy) is 1. The van der Waals surface area contributed by atoms with Gasteiger partial charge in [0.1, 0.15) is 5.75 Å². The number of rotatable bonds is 7. The Hall–Kier alpha value is -2.47. The second kappa shape index (κ2) is 9.35. The van der Waals surface area contributed by atoms with E-state index in [-0.39, 0.29) is 5.91 Å². The van der Waals surface area contributed by atoms with E-state index in [1.165, 1.54) is 31.4 Å². The van der Waals surface area contributed by atoms with Crippen molar-refractivity contribution in [1.82, 2.24) is 14.5 Å². The van der Waals surface area contributed by atoms with Gasteiger partial charge >= 0.3 is 0 Å². The molecule has 1 aromatic heterocycles. The first-order chi connectivity index (χ1) is 15.0. The average molecular weight is 438 g/mol. The molecule has 1 fully saturated rings. The van der Waals surface area contributed by atoms with E-state index in [0.29, 0.717) is 18.3 Å². The molecule has 0 radical (unpaired) electrons. The van der Waals surface area contributed by atoms with Gasteiger partial charge in [0.25, 0.3) is 0 Å². The fourth-order valence-corrected chi connectivity index (χ4v) is 5.49. The Morgan fingerprint density at radius 3 is 2.61 bits per heavy atom. The summed E-state index contributed by atoms with van der Waals surface area (Å²) in [5.74, 6) is 1.38. The summed E-state index contributed by atoms with van der Waals surface area (Å²) in [6.07, 6.45) is 5.00. The Kier molecular flexibility index (Phi) is 6.56. The van der Waals surface area contributed by atoms with Gasteiger partial charge in [0, 0.05) is 25.3 Å². The van der Waals surface area contributed by atoms with Crippen LogP contribution in [0.1, 0.15) is 48.7 Å². The molecular weight excluding hydrogens is 406 g/mol. The normalized spacial score (nSPS) is 14.3. The third-order valence-corrected chi connectivity index (χ3v) is 7.26. The van der Waals surface area contributed by atoms with Crippen LogP contribution in [0.2, 0.25) is 0 Å². The molecule has 0 spiro atoms. The maximum atomic E-state index is 12.8. The topological polar surface area (TPSA) is 47.4 Å². The molecule has 2 aromatic carbocycles. The van der Waals surface area contributed by atoms with E-state index in [2.05, 4.69) is 42.7 Å². The van der Waals surface area contributed by atoms with Crippen LogP contribution in [0, 0.1) is 13.8 Å². The number of carbonyl (C=O) groups excluding carboxylic acids is 1. The van der Waals surface area contributed by atoms with Gasteiger partial charge in [-0.15, -0.1) is 0 Å². The molecule has 1 saturated carbocycles. The number of nitrogens with zero attached hydrogens (tertiary/aromatic N) is 3. The number of aromatic nitrogens is 2. The molecular formula is C25H31N3O2S. The molecule has 0 saturated heterocycles. The number of thioether (sulfide) groups is 1. The number of hydrogen-bond acceptors (Lipinski definition) is 4. The van der Waals surface area contributed by atoms with E-state index >= 15 is 0 Å². The van der Waals surface area contributed by atoms with E-state index in [9.17, 15) is 4.79 Å². The first kappa shape index (κ1) is 21.8. The highest BCUT2D eigenvalue weighted by Gasteiger charge is 2.24. The molecule has 0 N–H and O–H groups in total. The number of fused-ring (bicyclic) bond motifs is 1. The zero-order chi connectivity index (χ0) is 22.0. The molecule has 0 bridgehead atoms. The van der Waals surface area contributed by atoms with E-state index in [0.717, 1.165) is 32.9 Å². The predicted octanol–water partition coefficient (Wildman–Crippen LogP) is 5.53. The summed E-state index contributed by atoms with van der Waals surface area (Å²) in [6, 6.07) is 12.9. The molecule has 31 heavy (non-hydrogen) atoms. The Labute approximate surface area is 188 Å². The second-order valence-electron chi connectivity index (χ2n) is 8.46. The van der Waals surface area contributed by atoms with Gasteiger partial charge in [0.15, 0.2) is 5.16 Å². The summed E-state index contributed by atoms with van der Waals surface area (Å²) in [5, 5.41) is 3.28. The number of benzene rings is 2. The molecule has 4 rings (SSSR count). The SMILES string of the molecule is COc1ccc2cc(CN(C)C(=O)CSc3nc(C)c(C)n3C3CCCC3)ccc2c1. The molecule has 164 valence electrons. The molecule has 0 unspecified atom stereocenters. The zero-order valence-corrected chi connectivity index (χ0v) is 19.7. The highest BCUT2D eigenvalue weighted by Crippen LogP contribution is 2.35. The molecule has 1 aliphatic rings. The van der Waals surface area contributed by atoms with Crippen LogP contribution in [0.15, 0.2) is 41.6 Å². The van der Waals surface area contributed by atoms with Crippen molar-refractivity contribution in [3.63, 3.8) is 0 Å². The van der Waals surface area contributed by atoms with Gasteiger partial charge in [0.2, 0.25) is 5.91 Å². The van der Waals surface area contributed by atoms with E-state index < -0.39 is 0 Å². The first-order valence-electron chi connectivity index (χ1n) is 10.9. The fraction of sp³-hybridized carbons (Fsp3) is 0.440. The van der Waals surface area contributed by atoms with Crippen molar-refractivity contribution < 1.29 is 9.53 Å². The summed E-state index contributed by atoms with van der Waals surface area (Å²) in [6.45, 7) is 4.80. The third kappa shape index (κ3) is 4.74. The second-order valence-corrected chi connectivity index (χ2v) is 9.40. The Balaban J connectivity index is 1.40. The number of amides is 1. The van der Waals surface area contributed by atoms with Crippen LogP contribution in [0.25, 0.3) is 10.8 Å². The molecule has 0 aliphatic heterocycles. The van der Waals surface area contributed by atoms with Gasteiger partial charge in [-0.2, -0.15) is 0 Å². The lowest BCUT2D eigenvalue weighted by Gasteiger charge is -2.19. The molecule has 1 aliphatic carbocycles. The van der Waals surface area contributed by atoms with Crippen LogP contribution < -0.4 is 4.74 Å². The average Bonchev–Trinajstić information content (AvgIpc) is 3.39. The van der Waals surface area contributed by atoms with Crippen LogP contribution in [-0.4, -0.2) is 40.3 Å². The minimum atomic E-state index is 0.121. The minimum absolute atomic E-state index is 0.121. The summed E-state index contributed by atoms with van der Waals surface area (Å²) in [7, 11) is 3.55. The molecule has 6 heteroatoms. The summed E-state index contributed by atoms with van der Waals surface area (Å²) in [4.78, 5) is 19.4. The molecule has 1 heterocycles. The van der Waals surface area contributed by atoms with E-state index in [1.54, 1.807) is 23.8 Å². The van der Waals surface area contributed by atoms with Gasteiger partial charge in [-0.3, -0.25) is 4.79 Å². The standard InChI is InChI=1S/C25H31N3O2S/c1-17-18(2)28(22-7-5-6-8-22)25(26-17)31-16-24(29)27(3)15-19-9-10-21-14-23(30-4)12-11-20(21)13-19/h9-14,22H,5-8,15-16H2,1-4H3. The number of methoxy groups -OCH3 is 1. The number of carbonyl (C=O) groups is 1. The molecule has 1 amide bonds. The quantitative estimate of drug-likeness (QED) is 0.456. The van der Waals surface area contributed by atoms with Crippen LogP contribution in [0.4, 0.5) is 0 Å². The minimum Gasteiger partial charge on any atom is -0.497 e. The van der Waals surface area contributed by atoms with E-state index in [1.807, 2.05) is 19.2 Å². The zero-order valence-electron chi connectivity index (χ0n) is 18.9. The van der Waals surface area contributed by atoms with Crippen molar-refractivity contribution >= 4 is 28.4 Å². The van der Waals surface area contributed by atoms with Crippen molar-refractivity contribution in [2.24, 2.45) is 0 Å². The van der Waals surface area contributed by atoms with Crippen molar-refractivity contribution in [3.05, 3.63) is 53.3 Å². The largest absolute Gasteiger partial charge is 0.497 e. The van der Waals surface area contributed by atoms with Gasteiger partial charge in [0.05, 0.1) is 18.6 Å². The maximum Gasteiger partial charge on any atom is 0.233 e. The Morgan fingerprint density at radius 2 is 1.87 bits per heavy atom. The Bertz CT molecular complexity index is 1090. The number of imidazole rings is 1. The maximum absolute atomic E-state index is 12.8. The summed E-state index contributed by atoms with van der Waals surface area (Å²) >= 11 is 1.57. The number of hydrogen-bond donors (Lipinski definition) is 0. The van der Waals surface area contributed by atoms with Crippen LogP contribution >= 0.6 is 11.8 Å². The van der Waals surface area contributed by atoms with Gasteiger partial charge in [-0.05, 0) is 61.2 Å². The van der Waals surface area contributed by atoms with Crippen LogP contribution in [0.3, 0.4) is 0 Å². The highest BCUT2D eigenvalue weighted by molar-refractivity contribution is 7.99. The first-order valence-corrected chi connectivity index (χ1v) is 11.9. The van der Waals surface area contributed by atoms with E-state index in [4.69, 9.17) is 9.72 Å². The van der Waals surface area contributed by atoms with Crippen molar-refractivity contribution in [1.29, 1.82) is 0 Å². The molecule has 0 atom stereocenters. The molecule has 3 aromatic rings. The Morgan fingerprint density at radius 1 is 1.16 bits per heavy atom. The fourth-order valence-electron chi connectivity index (χ4n) is 4.39. The summed E-state index contributed by atoms with van der Waals surface area (Å²) in [5.41, 5.74) is 3.43. The van der Waals surface area contributed by atoms with Crippen LogP contribution in [-0.2, 0) is 11.3 Å². The lowest BCUT2D eigenvalue weighted by atomic mass is 10.1. The molecule has 5 nitrogen and oxygen atoms in total. The lowest BCUT2D eigenvalue weighted by Crippen LogP contribution is -2.28. The van der Waals surface area contributed by atoms with Crippen molar-refractivity contribution in [2.75, 3.05) is 19.9 Å². The van der Waals surface area contributed by atoms with Crippen molar-refractivity contribution in [3.8, 4) is 5.75 Å². The van der Waals surface area contributed by atoms with Crippen LogP contribution in [0.5, 0.6) is 5.75 Å². The lowest BCUT2D eigenvalue weighted by molar-refractivity contribution is -0.127. The smallest absolute Gasteiger partial charge is 0.233 e. The number of aryl methyl sites for hydroxylation is 1.